The zero-order valence-corrected chi connectivity index (χ0v) is 18.9. The number of aromatic nitrogens is 3. The third kappa shape index (κ3) is 3.54. The van der Waals surface area contributed by atoms with Crippen LogP contribution in [0.4, 0.5) is 5.82 Å². The van der Waals surface area contributed by atoms with E-state index in [0.717, 1.165) is 11.1 Å². The normalized spacial score (nSPS) is 12.2. The van der Waals surface area contributed by atoms with Crippen molar-refractivity contribution in [2.45, 2.75) is 23.6 Å². The molecule has 164 valence electrons. The number of hydrogen-bond acceptors (Lipinski definition) is 6. The first-order valence-corrected chi connectivity index (χ1v) is 11.8. The Morgan fingerprint density at radius 1 is 0.909 bits per heavy atom. The van der Waals surface area contributed by atoms with Gasteiger partial charge < -0.3 is 5.73 Å². The van der Waals surface area contributed by atoms with Crippen LogP contribution in [0.1, 0.15) is 16.7 Å². The van der Waals surface area contributed by atoms with E-state index in [4.69, 9.17) is 5.73 Å². The molecule has 7 nitrogen and oxygen atoms in total. The van der Waals surface area contributed by atoms with Gasteiger partial charge in [-0.1, -0.05) is 54.6 Å². The summed E-state index contributed by atoms with van der Waals surface area (Å²) in [6.45, 7) is 3.61. The molecule has 2 aromatic heterocycles. The van der Waals surface area contributed by atoms with Gasteiger partial charge in [-0.05, 0) is 48.7 Å². The lowest BCUT2D eigenvalue weighted by molar-refractivity contribution is 0.596. The lowest BCUT2D eigenvalue weighted by atomic mass is 10.2. The molecule has 5 aromatic rings. The van der Waals surface area contributed by atoms with Crippen LogP contribution in [-0.4, -0.2) is 29.3 Å². The molecule has 2 heterocycles. The van der Waals surface area contributed by atoms with Gasteiger partial charge in [0.05, 0.1) is 22.1 Å². The van der Waals surface area contributed by atoms with Gasteiger partial charge in [-0.15, -0.1) is 0 Å². The second-order valence-corrected chi connectivity index (χ2v) is 9.69. The van der Waals surface area contributed by atoms with E-state index in [0.29, 0.717) is 16.6 Å². The van der Waals surface area contributed by atoms with Crippen LogP contribution in [0.2, 0.25) is 0 Å². The summed E-state index contributed by atoms with van der Waals surface area (Å²) in [5.74, 6) is -0.0339. The predicted octanol–water partition coefficient (Wildman–Crippen LogP) is 4.50. The Labute approximate surface area is 191 Å². The van der Waals surface area contributed by atoms with E-state index in [9.17, 15) is 8.42 Å². The van der Waals surface area contributed by atoms with Gasteiger partial charge in [0, 0.05) is 0 Å². The third-order valence-corrected chi connectivity index (χ3v) is 7.41. The molecule has 0 fully saturated rings. The molecule has 0 saturated heterocycles. The Morgan fingerprint density at radius 2 is 1.58 bits per heavy atom. The fourth-order valence-electron chi connectivity index (χ4n) is 3.77. The van der Waals surface area contributed by atoms with Crippen molar-refractivity contribution in [1.29, 1.82) is 0 Å². The summed E-state index contributed by atoms with van der Waals surface area (Å²) in [4.78, 5) is 9.40. The van der Waals surface area contributed by atoms with E-state index in [1.165, 1.54) is 4.68 Å². The molecular weight excluding hydrogens is 434 g/mol. The number of anilines is 1. The fourth-order valence-corrected chi connectivity index (χ4v) is 5.58. The van der Waals surface area contributed by atoms with Crippen LogP contribution in [0.25, 0.3) is 22.2 Å². The third-order valence-electron chi connectivity index (χ3n) is 5.45. The monoisotopic (exact) mass is 455 g/mol. The number of fused-ring (bicyclic) bond motifs is 2. The van der Waals surface area contributed by atoms with Gasteiger partial charge in [0.25, 0.3) is 0 Å². The first-order valence-electron chi connectivity index (χ1n) is 10.3. The molecule has 0 aliphatic carbocycles. The van der Waals surface area contributed by atoms with Gasteiger partial charge in [-0.25, -0.2) is 18.4 Å². The largest absolute Gasteiger partial charge is 0.382 e. The van der Waals surface area contributed by atoms with Gasteiger partial charge in [-0.3, -0.25) is 0 Å². The van der Waals surface area contributed by atoms with Gasteiger partial charge in [0.15, 0.2) is 5.65 Å². The van der Waals surface area contributed by atoms with E-state index in [1.807, 2.05) is 61.5 Å². The highest BCUT2D eigenvalue weighted by atomic mass is 32.2. The van der Waals surface area contributed by atoms with Crippen molar-refractivity contribution >= 4 is 44.1 Å². The molecule has 3 aromatic carbocycles. The molecule has 0 aliphatic heterocycles. The minimum atomic E-state index is -4.00. The van der Waals surface area contributed by atoms with E-state index in [-0.39, 0.29) is 26.8 Å². The molecule has 0 bridgehead atoms. The zero-order chi connectivity index (χ0) is 23.2. The van der Waals surface area contributed by atoms with Crippen molar-refractivity contribution in [3.8, 4) is 0 Å². The molecule has 5 rings (SSSR count). The summed E-state index contributed by atoms with van der Waals surface area (Å²) in [6, 6.07) is 22.1. The van der Waals surface area contributed by atoms with Crippen molar-refractivity contribution in [1.82, 2.24) is 14.6 Å². The van der Waals surface area contributed by atoms with Gasteiger partial charge in [0.2, 0.25) is 9.84 Å². The number of nitrogen functional groups attached to an aromatic ring is 1. The minimum Gasteiger partial charge on any atom is -0.382 e. The second-order valence-electron chi connectivity index (χ2n) is 7.84. The van der Waals surface area contributed by atoms with Crippen molar-refractivity contribution in [2.24, 2.45) is 5.10 Å². The number of sulfone groups is 1. The second kappa shape index (κ2) is 7.83. The van der Waals surface area contributed by atoms with Gasteiger partial charge in [0.1, 0.15) is 16.2 Å². The van der Waals surface area contributed by atoms with Crippen LogP contribution < -0.4 is 5.73 Å². The Kier molecular flexibility index (Phi) is 4.94. The summed E-state index contributed by atoms with van der Waals surface area (Å²) in [6.07, 6.45) is 1.61. The van der Waals surface area contributed by atoms with Crippen LogP contribution in [0.5, 0.6) is 0 Å². The first-order chi connectivity index (χ1) is 15.9. The average molecular weight is 456 g/mol. The highest BCUT2D eigenvalue weighted by Crippen LogP contribution is 2.36. The molecule has 0 spiro atoms. The summed E-state index contributed by atoms with van der Waals surface area (Å²) < 4.78 is 29.1. The Hall–Kier alpha value is -4.04. The topological polar surface area (TPSA) is 103 Å². The molecule has 0 saturated carbocycles. The Morgan fingerprint density at radius 3 is 2.30 bits per heavy atom. The molecule has 0 amide bonds. The standard InChI is InChI=1S/C25H21N5O2S/c1-16-12-13-17(2)21(14-16)33(31,32)23-22-25(29-20-11-7-6-10-19(20)28-22)30(24(23)26)27-15-18-8-4-3-5-9-18/h3-15H,26H2,1-2H3/b27-15+. The Bertz CT molecular complexity index is 1660. The van der Waals surface area contributed by atoms with Crippen LogP contribution in [0, 0.1) is 13.8 Å². The molecule has 0 atom stereocenters. The molecule has 0 radical (unpaired) electrons. The highest BCUT2D eigenvalue weighted by molar-refractivity contribution is 7.92. The van der Waals surface area contributed by atoms with Crippen molar-refractivity contribution in [2.75, 3.05) is 5.73 Å². The van der Waals surface area contributed by atoms with Crippen molar-refractivity contribution in [3.05, 3.63) is 89.5 Å². The summed E-state index contributed by atoms with van der Waals surface area (Å²) in [5.41, 5.74) is 10.4. The van der Waals surface area contributed by atoms with Crippen LogP contribution in [-0.2, 0) is 9.84 Å². The lowest BCUT2D eigenvalue weighted by Gasteiger charge is -2.09. The summed E-state index contributed by atoms with van der Waals surface area (Å²) in [5, 5.41) is 4.48. The number of rotatable bonds is 4. The van der Waals surface area contributed by atoms with E-state index in [2.05, 4.69) is 15.1 Å². The number of nitrogens with two attached hydrogens (primary N) is 1. The number of aryl methyl sites for hydroxylation is 2. The molecule has 2 N–H and O–H groups in total. The summed E-state index contributed by atoms with van der Waals surface area (Å²) >= 11 is 0. The number of benzene rings is 3. The fraction of sp³-hybridized carbons (Fsp3) is 0.0800. The van der Waals surface area contributed by atoms with Crippen molar-refractivity contribution in [3.63, 3.8) is 0 Å². The molecule has 0 unspecified atom stereocenters. The number of nitrogens with zero attached hydrogens (tertiary/aromatic N) is 4. The molecular formula is C25H21N5O2S. The summed E-state index contributed by atoms with van der Waals surface area (Å²) in [7, 11) is -4.00. The van der Waals surface area contributed by atoms with E-state index in [1.54, 1.807) is 31.3 Å². The van der Waals surface area contributed by atoms with Gasteiger partial charge in [-0.2, -0.15) is 9.78 Å². The zero-order valence-electron chi connectivity index (χ0n) is 18.1. The SMILES string of the molecule is Cc1ccc(C)c(S(=O)(=O)c2c(N)n(/N=C/c3ccccc3)c3nc4ccccc4nc23)c1. The smallest absolute Gasteiger partial charge is 0.212 e. The lowest BCUT2D eigenvalue weighted by Crippen LogP contribution is -2.08. The molecule has 33 heavy (non-hydrogen) atoms. The number of hydrogen-bond donors (Lipinski definition) is 1. The maximum absolute atomic E-state index is 13.9. The van der Waals surface area contributed by atoms with Crippen molar-refractivity contribution < 1.29 is 8.42 Å². The predicted molar refractivity (Wildman–Crippen MR) is 130 cm³/mol. The van der Waals surface area contributed by atoms with Crippen LogP contribution >= 0.6 is 0 Å². The molecule has 0 aliphatic rings. The average Bonchev–Trinajstić information content (AvgIpc) is 3.09. The van der Waals surface area contributed by atoms with E-state index >= 15 is 0 Å². The van der Waals surface area contributed by atoms with Crippen LogP contribution in [0.3, 0.4) is 0 Å². The maximum atomic E-state index is 13.9. The maximum Gasteiger partial charge on any atom is 0.212 e. The number of para-hydroxylation sites is 2. The van der Waals surface area contributed by atoms with Crippen LogP contribution in [0.15, 0.2) is 87.7 Å². The minimum absolute atomic E-state index is 0.0339. The Balaban J connectivity index is 1.83. The first kappa shape index (κ1) is 20.8. The quantitative estimate of drug-likeness (QED) is 0.402. The molecule has 8 heteroatoms. The van der Waals surface area contributed by atoms with E-state index < -0.39 is 9.84 Å². The van der Waals surface area contributed by atoms with Gasteiger partial charge >= 0.3 is 0 Å². The highest BCUT2D eigenvalue weighted by Gasteiger charge is 2.31.